The fourth-order valence-corrected chi connectivity index (χ4v) is 1.36. The van der Waals surface area contributed by atoms with Crippen LogP contribution in [0.3, 0.4) is 0 Å². The van der Waals surface area contributed by atoms with Gasteiger partial charge in [-0.05, 0) is 12.1 Å². The van der Waals surface area contributed by atoms with Crippen LogP contribution in [-0.2, 0) is 11.4 Å². The van der Waals surface area contributed by atoms with E-state index in [1.54, 1.807) is 10.9 Å². The predicted molar refractivity (Wildman–Crippen MR) is 52.5 cm³/mol. The Bertz CT molecular complexity index is 398. The lowest BCUT2D eigenvalue weighted by Gasteiger charge is -2.07. The van der Waals surface area contributed by atoms with Gasteiger partial charge in [-0.25, -0.2) is 10.6 Å². The lowest BCUT2D eigenvalue weighted by Crippen LogP contribution is -2.04. The van der Waals surface area contributed by atoms with Crippen LogP contribution < -0.4 is 5.90 Å². The van der Waals surface area contributed by atoms with Crippen molar-refractivity contribution in [1.29, 1.82) is 0 Å². The van der Waals surface area contributed by atoms with E-state index in [4.69, 9.17) is 5.90 Å². The summed E-state index contributed by atoms with van der Waals surface area (Å²) in [5.74, 6) is 5.05. The number of hydrogen-bond acceptors (Lipinski definition) is 3. The molecule has 0 fully saturated rings. The van der Waals surface area contributed by atoms with E-state index in [0.29, 0.717) is 6.61 Å². The van der Waals surface area contributed by atoms with Gasteiger partial charge in [0.25, 0.3) is 0 Å². The summed E-state index contributed by atoms with van der Waals surface area (Å²) in [5, 5.41) is 4.15. The van der Waals surface area contributed by atoms with Crippen molar-refractivity contribution in [3.8, 4) is 5.69 Å². The largest absolute Gasteiger partial charge is 0.300 e. The maximum absolute atomic E-state index is 5.05. The van der Waals surface area contributed by atoms with E-state index in [2.05, 4.69) is 9.94 Å². The van der Waals surface area contributed by atoms with E-state index < -0.39 is 0 Å². The molecule has 1 aromatic heterocycles. The second kappa shape index (κ2) is 4.04. The Hall–Kier alpha value is -1.65. The average Bonchev–Trinajstić information content (AvgIpc) is 2.72. The van der Waals surface area contributed by atoms with E-state index in [-0.39, 0.29) is 0 Å². The molecule has 72 valence electrons. The molecular weight excluding hydrogens is 178 g/mol. The Kier molecular flexibility index (Phi) is 2.58. The minimum absolute atomic E-state index is 0.385. The summed E-state index contributed by atoms with van der Waals surface area (Å²) in [6.07, 6.45) is 3.62. The molecule has 1 heterocycles. The van der Waals surface area contributed by atoms with E-state index in [1.165, 1.54) is 0 Å². The number of hydrogen-bond donors (Lipinski definition) is 1. The van der Waals surface area contributed by atoms with Gasteiger partial charge < -0.3 is 0 Å². The molecule has 0 aliphatic rings. The molecule has 1 aromatic carbocycles. The summed E-state index contributed by atoms with van der Waals surface area (Å²) >= 11 is 0. The third-order valence-electron chi connectivity index (χ3n) is 1.98. The monoisotopic (exact) mass is 189 g/mol. The van der Waals surface area contributed by atoms with Gasteiger partial charge in [-0.1, -0.05) is 18.2 Å². The number of aromatic nitrogens is 2. The van der Waals surface area contributed by atoms with Gasteiger partial charge in [0.2, 0.25) is 0 Å². The van der Waals surface area contributed by atoms with Crippen LogP contribution in [0.5, 0.6) is 0 Å². The maximum Gasteiger partial charge on any atom is 0.0950 e. The van der Waals surface area contributed by atoms with Gasteiger partial charge in [0.15, 0.2) is 0 Å². The fraction of sp³-hybridized carbons (Fsp3) is 0.100. The lowest BCUT2D eigenvalue weighted by atomic mass is 10.2. The van der Waals surface area contributed by atoms with Crippen LogP contribution in [0, 0.1) is 0 Å². The van der Waals surface area contributed by atoms with Gasteiger partial charge in [0.1, 0.15) is 0 Å². The Labute approximate surface area is 81.9 Å². The molecular formula is C10H11N3O. The molecule has 0 atom stereocenters. The average molecular weight is 189 g/mol. The SMILES string of the molecule is NOCc1ccccc1-n1cccn1. The highest BCUT2D eigenvalue weighted by molar-refractivity contribution is 5.39. The molecule has 0 saturated heterocycles. The molecule has 0 aliphatic heterocycles. The van der Waals surface area contributed by atoms with Gasteiger partial charge >= 0.3 is 0 Å². The normalized spacial score (nSPS) is 10.4. The van der Waals surface area contributed by atoms with Crippen LogP contribution in [0.1, 0.15) is 5.56 Å². The first-order valence-electron chi connectivity index (χ1n) is 4.31. The van der Waals surface area contributed by atoms with Crippen molar-refractivity contribution in [3.63, 3.8) is 0 Å². The summed E-state index contributed by atoms with van der Waals surface area (Å²) in [5.41, 5.74) is 2.00. The molecule has 0 aliphatic carbocycles. The number of benzene rings is 1. The summed E-state index contributed by atoms with van der Waals surface area (Å²) in [4.78, 5) is 4.63. The molecule has 0 saturated carbocycles. The third kappa shape index (κ3) is 1.66. The van der Waals surface area contributed by atoms with Crippen LogP contribution in [0.25, 0.3) is 5.69 Å². The van der Waals surface area contributed by atoms with Gasteiger partial charge in [0, 0.05) is 18.0 Å². The number of para-hydroxylation sites is 1. The highest BCUT2D eigenvalue weighted by Crippen LogP contribution is 2.13. The maximum atomic E-state index is 5.05. The first-order valence-corrected chi connectivity index (χ1v) is 4.31. The van der Waals surface area contributed by atoms with Crippen LogP contribution in [0.2, 0.25) is 0 Å². The molecule has 4 nitrogen and oxygen atoms in total. The van der Waals surface area contributed by atoms with E-state index in [9.17, 15) is 0 Å². The topological polar surface area (TPSA) is 53.1 Å². The number of nitrogens with zero attached hydrogens (tertiary/aromatic N) is 2. The quantitative estimate of drug-likeness (QED) is 0.739. The summed E-state index contributed by atoms with van der Waals surface area (Å²) < 4.78 is 1.79. The minimum Gasteiger partial charge on any atom is -0.300 e. The second-order valence-corrected chi connectivity index (χ2v) is 2.89. The smallest absolute Gasteiger partial charge is 0.0950 e. The van der Waals surface area contributed by atoms with Crippen LogP contribution >= 0.6 is 0 Å². The summed E-state index contributed by atoms with van der Waals surface area (Å²) in [6.45, 7) is 0.385. The van der Waals surface area contributed by atoms with Crippen molar-refractivity contribution >= 4 is 0 Å². The van der Waals surface area contributed by atoms with Crippen molar-refractivity contribution in [3.05, 3.63) is 48.3 Å². The van der Waals surface area contributed by atoms with Gasteiger partial charge in [-0.15, -0.1) is 0 Å². The Morgan fingerprint density at radius 1 is 1.29 bits per heavy atom. The Morgan fingerprint density at radius 3 is 2.86 bits per heavy atom. The zero-order valence-corrected chi connectivity index (χ0v) is 7.63. The highest BCUT2D eigenvalue weighted by atomic mass is 16.6. The standard InChI is InChI=1S/C10H11N3O/c11-14-8-9-4-1-2-5-10(9)13-7-3-6-12-13/h1-7H,8,11H2. The zero-order chi connectivity index (χ0) is 9.80. The molecule has 2 N–H and O–H groups in total. The van der Waals surface area contributed by atoms with Gasteiger partial charge in [0.05, 0.1) is 12.3 Å². The van der Waals surface area contributed by atoms with Crippen molar-refractivity contribution in [2.24, 2.45) is 5.90 Å². The fourth-order valence-electron chi connectivity index (χ4n) is 1.36. The van der Waals surface area contributed by atoms with Crippen molar-refractivity contribution in [2.45, 2.75) is 6.61 Å². The predicted octanol–water partition coefficient (Wildman–Crippen LogP) is 1.26. The molecule has 2 aromatic rings. The first-order chi connectivity index (χ1) is 6.92. The Morgan fingerprint density at radius 2 is 2.14 bits per heavy atom. The van der Waals surface area contributed by atoms with Crippen LogP contribution in [0.15, 0.2) is 42.7 Å². The van der Waals surface area contributed by atoms with E-state index in [1.807, 2.05) is 36.5 Å². The van der Waals surface area contributed by atoms with Gasteiger partial charge in [-0.2, -0.15) is 5.10 Å². The lowest BCUT2D eigenvalue weighted by molar-refractivity contribution is 0.124. The molecule has 0 spiro atoms. The van der Waals surface area contributed by atoms with E-state index >= 15 is 0 Å². The molecule has 0 radical (unpaired) electrons. The van der Waals surface area contributed by atoms with Crippen molar-refractivity contribution in [1.82, 2.24) is 9.78 Å². The second-order valence-electron chi connectivity index (χ2n) is 2.89. The minimum atomic E-state index is 0.385. The summed E-state index contributed by atoms with van der Waals surface area (Å²) in [7, 11) is 0. The Balaban J connectivity index is 2.42. The van der Waals surface area contributed by atoms with Crippen LogP contribution in [-0.4, -0.2) is 9.78 Å². The molecule has 2 rings (SSSR count). The zero-order valence-electron chi connectivity index (χ0n) is 7.63. The van der Waals surface area contributed by atoms with Gasteiger partial charge in [-0.3, -0.25) is 4.84 Å². The molecule has 0 bridgehead atoms. The van der Waals surface area contributed by atoms with Crippen molar-refractivity contribution < 1.29 is 4.84 Å². The number of rotatable bonds is 3. The third-order valence-corrected chi connectivity index (χ3v) is 1.98. The first kappa shape index (κ1) is 8.93. The van der Waals surface area contributed by atoms with Crippen molar-refractivity contribution in [2.75, 3.05) is 0 Å². The van der Waals surface area contributed by atoms with E-state index in [0.717, 1.165) is 11.3 Å². The molecule has 4 heteroatoms. The molecule has 0 unspecified atom stereocenters. The molecule has 14 heavy (non-hydrogen) atoms. The summed E-state index contributed by atoms with van der Waals surface area (Å²) in [6, 6.07) is 9.71. The highest BCUT2D eigenvalue weighted by Gasteiger charge is 2.02. The molecule has 0 amide bonds. The number of nitrogens with two attached hydrogens (primary N) is 1. The van der Waals surface area contributed by atoms with Crippen LogP contribution in [0.4, 0.5) is 0 Å².